The van der Waals surface area contributed by atoms with Crippen molar-refractivity contribution in [3.05, 3.63) is 0 Å². The number of aliphatic carboxylic acids is 1. The van der Waals surface area contributed by atoms with Gasteiger partial charge < -0.3 is 39.2 Å². The van der Waals surface area contributed by atoms with Gasteiger partial charge in [-0.2, -0.15) is 8.78 Å². The Kier molecular flexibility index (Phi) is 36.6. The molecule has 0 aliphatic carbocycles. The minimum absolute atomic E-state index is 0.0730. The van der Waals surface area contributed by atoms with Crippen molar-refractivity contribution < 1.29 is 65.7 Å². The Hall–Kier alpha value is -1.32. The van der Waals surface area contributed by atoms with E-state index in [1.54, 1.807) is 0 Å². The van der Waals surface area contributed by atoms with E-state index < -0.39 is 76.0 Å². The first-order valence-corrected chi connectivity index (χ1v) is 27.0. The molecule has 1 amide bonds. The van der Waals surface area contributed by atoms with Gasteiger partial charge in [-0.1, -0.05) is 194 Å². The fraction of sp³-hybridized carbons (Fsp3) is 0.958. The van der Waals surface area contributed by atoms with Crippen LogP contribution in [-0.2, 0) is 37.6 Å². The van der Waals surface area contributed by atoms with Gasteiger partial charge in [-0.05, 0) is 25.7 Å². The van der Waals surface area contributed by atoms with Gasteiger partial charge in [0.15, 0.2) is 6.29 Å². The number of phosphoric acid groups is 1. The van der Waals surface area contributed by atoms with Gasteiger partial charge in [-0.3, -0.25) is 9.32 Å². The molecule has 16 heteroatoms. The fourth-order valence-corrected chi connectivity index (χ4v) is 8.91. The second-order valence-electron chi connectivity index (χ2n) is 18.0. The molecule has 0 bridgehead atoms. The van der Waals surface area contributed by atoms with Crippen LogP contribution in [0.2, 0.25) is 0 Å². The number of carbonyl (C=O) groups excluding carboxylic acids is 1. The van der Waals surface area contributed by atoms with Gasteiger partial charge in [0.1, 0.15) is 37.6 Å². The maximum Gasteiger partial charge on any atom is 0.470 e. The molecular weight excluding hydrogens is 854 g/mol. The number of ether oxygens (including phenoxy) is 4. The number of rotatable bonds is 45. The van der Waals surface area contributed by atoms with Crippen molar-refractivity contribution in [2.75, 3.05) is 26.5 Å². The van der Waals surface area contributed by atoms with Crippen LogP contribution in [0.15, 0.2) is 0 Å². The fourth-order valence-electron chi connectivity index (χ4n) is 8.33. The lowest BCUT2D eigenvalue weighted by Gasteiger charge is -2.45. The van der Waals surface area contributed by atoms with Crippen molar-refractivity contribution in [2.45, 2.75) is 269 Å². The number of phosphoric ester groups is 1. The van der Waals surface area contributed by atoms with E-state index in [0.717, 1.165) is 89.9 Å². The van der Waals surface area contributed by atoms with Crippen LogP contribution in [0.3, 0.4) is 0 Å². The number of alkyl halides is 3. The summed E-state index contributed by atoms with van der Waals surface area (Å²) in [5.74, 6) is -7.06. The van der Waals surface area contributed by atoms with E-state index in [0.29, 0.717) is 19.4 Å². The number of carbonyl (C=O) groups is 2. The summed E-state index contributed by atoms with van der Waals surface area (Å²) in [6.45, 7) is 4.57. The molecular formula is C48H91F3NO11P. The van der Waals surface area contributed by atoms with Crippen LogP contribution in [0.4, 0.5) is 13.2 Å². The van der Waals surface area contributed by atoms with Crippen molar-refractivity contribution in [1.29, 1.82) is 0 Å². The molecule has 64 heavy (non-hydrogen) atoms. The van der Waals surface area contributed by atoms with Crippen molar-refractivity contribution in [1.82, 2.24) is 5.32 Å². The van der Waals surface area contributed by atoms with Gasteiger partial charge in [-0.15, -0.1) is 0 Å². The van der Waals surface area contributed by atoms with Gasteiger partial charge in [0.2, 0.25) is 0 Å². The zero-order valence-corrected chi connectivity index (χ0v) is 41.0. The third kappa shape index (κ3) is 30.9. The summed E-state index contributed by atoms with van der Waals surface area (Å²) in [6.07, 6.45) is 24.0. The minimum Gasteiger partial charge on any atom is -0.480 e. The van der Waals surface area contributed by atoms with Crippen LogP contribution in [0.25, 0.3) is 0 Å². The Labute approximate surface area is 385 Å². The molecule has 4 N–H and O–H groups in total. The maximum absolute atomic E-state index is 15.5. The molecule has 12 nitrogen and oxygen atoms in total. The average Bonchev–Trinajstić information content (AvgIpc) is 3.25. The topological polar surface area (TPSA) is 170 Å². The van der Waals surface area contributed by atoms with Crippen LogP contribution in [0, 0.1) is 0 Å². The van der Waals surface area contributed by atoms with Gasteiger partial charge >= 0.3 is 19.7 Å². The number of unbranched alkanes of at least 4 members (excludes halogenated alkanes) is 26. The number of hydrogen-bond donors (Lipinski definition) is 4. The lowest BCUT2D eigenvalue weighted by atomic mass is 9.96. The Morgan fingerprint density at radius 1 is 0.641 bits per heavy atom. The van der Waals surface area contributed by atoms with E-state index >= 15 is 8.78 Å². The third-order valence-electron chi connectivity index (χ3n) is 12.1. The highest BCUT2D eigenvalue weighted by Crippen LogP contribution is 2.42. The quantitative estimate of drug-likeness (QED) is 0.0338. The van der Waals surface area contributed by atoms with Gasteiger partial charge in [-0.25, -0.2) is 13.8 Å². The largest absolute Gasteiger partial charge is 0.480 e. The number of amides is 1. The van der Waals surface area contributed by atoms with Crippen LogP contribution in [0.1, 0.15) is 226 Å². The SMILES string of the molecule is CCCCCCCCCCCCO[C@H](CCCCCCCCCCC)CCO[C@@H]1[C@@H](NC(=O)C(F)(F)CCCCCCCCCCCC)[C@@H](OCC(=O)O)O[C@H](CF)[C@H]1OP(=O)(O)O. The molecule has 0 aromatic rings. The number of carboxylic acids is 1. The number of nitrogens with one attached hydrogen (secondary N) is 1. The smallest absolute Gasteiger partial charge is 0.470 e. The summed E-state index contributed by atoms with van der Waals surface area (Å²) in [7, 11) is -5.37. The lowest BCUT2D eigenvalue weighted by Crippen LogP contribution is -2.67. The van der Waals surface area contributed by atoms with Crippen molar-refractivity contribution >= 4 is 19.7 Å². The Bertz CT molecular complexity index is 1190. The molecule has 0 saturated carbocycles. The lowest BCUT2D eigenvalue weighted by molar-refractivity contribution is -0.271. The van der Waals surface area contributed by atoms with Crippen molar-refractivity contribution in [2.24, 2.45) is 0 Å². The van der Waals surface area contributed by atoms with Crippen molar-refractivity contribution in [3.8, 4) is 0 Å². The van der Waals surface area contributed by atoms with E-state index in [9.17, 15) is 33.4 Å². The molecule has 1 aliphatic rings. The summed E-state index contributed by atoms with van der Waals surface area (Å²) in [6, 6.07) is -1.76. The molecule has 1 saturated heterocycles. The van der Waals surface area contributed by atoms with Gasteiger partial charge in [0.05, 0.1) is 6.10 Å². The zero-order chi connectivity index (χ0) is 47.3. The zero-order valence-electron chi connectivity index (χ0n) is 40.1. The van der Waals surface area contributed by atoms with Crippen LogP contribution < -0.4 is 5.32 Å². The number of hydrogen-bond acceptors (Lipinski definition) is 8. The second kappa shape index (κ2) is 38.6. The molecule has 6 atom stereocenters. The Morgan fingerprint density at radius 2 is 1.09 bits per heavy atom. The second-order valence-corrected chi connectivity index (χ2v) is 19.2. The Balaban J connectivity index is 3.09. The van der Waals surface area contributed by atoms with Crippen LogP contribution in [0.5, 0.6) is 0 Å². The summed E-state index contributed by atoms with van der Waals surface area (Å²) in [5, 5.41) is 11.5. The molecule has 0 aromatic heterocycles. The average molecular weight is 946 g/mol. The third-order valence-corrected chi connectivity index (χ3v) is 12.7. The summed E-state index contributed by atoms with van der Waals surface area (Å²) >= 11 is 0. The molecule has 1 heterocycles. The molecule has 0 radical (unpaired) electrons. The first-order valence-electron chi connectivity index (χ1n) is 25.5. The predicted octanol–water partition coefficient (Wildman–Crippen LogP) is 12.7. The molecule has 1 aliphatic heterocycles. The molecule has 0 spiro atoms. The number of halogens is 3. The highest BCUT2D eigenvalue weighted by Gasteiger charge is 2.53. The van der Waals surface area contributed by atoms with E-state index in [4.69, 9.17) is 23.5 Å². The summed E-state index contributed by atoms with van der Waals surface area (Å²) < 4.78 is 86.0. The standard InChI is InChI=1S/C48H91F3NO11P/c1-4-7-10-13-16-19-22-25-28-31-35-48(50,51)47(55)52-43-45(44(63-64(56,57)58)41(38-49)62-46(43)61-39-42(53)54)60-37-34-40(33-30-27-24-21-18-15-12-9-6-3)59-36-32-29-26-23-20-17-14-11-8-5-2/h40-41,43-46H,4-39H2,1-3H3,(H,52,55)(H,53,54)(H2,56,57,58)/t40-,41-,43-,44-,45-,46+/m1/s1. The van der Waals surface area contributed by atoms with E-state index in [1.165, 1.54) is 89.9 Å². The van der Waals surface area contributed by atoms with Crippen molar-refractivity contribution in [3.63, 3.8) is 0 Å². The van der Waals surface area contributed by atoms with Gasteiger partial charge in [0, 0.05) is 19.6 Å². The van der Waals surface area contributed by atoms with Gasteiger partial charge in [0.25, 0.3) is 5.91 Å². The van der Waals surface area contributed by atoms with E-state index in [-0.39, 0.29) is 19.1 Å². The first-order chi connectivity index (χ1) is 30.8. The summed E-state index contributed by atoms with van der Waals surface area (Å²) in [4.78, 5) is 44.5. The molecule has 0 aromatic carbocycles. The molecule has 0 unspecified atom stereocenters. The molecule has 1 rings (SSSR count). The van der Waals surface area contributed by atoms with E-state index in [2.05, 4.69) is 26.1 Å². The maximum atomic E-state index is 15.5. The monoisotopic (exact) mass is 946 g/mol. The molecule has 380 valence electrons. The van der Waals surface area contributed by atoms with E-state index in [1.807, 2.05) is 0 Å². The minimum atomic E-state index is -5.37. The highest BCUT2D eigenvalue weighted by atomic mass is 31.2. The Morgan fingerprint density at radius 3 is 1.55 bits per heavy atom. The molecule has 1 fully saturated rings. The first kappa shape index (κ1) is 60.7. The highest BCUT2D eigenvalue weighted by molar-refractivity contribution is 7.46. The van der Waals surface area contributed by atoms with Crippen LogP contribution in [-0.4, -0.2) is 95.9 Å². The normalized spacial score (nSPS) is 19.8. The summed E-state index contributed by atoms with van der Waals surface area (Å²) in [5.41, 5.74) is 0. The predicted molar refractivity (Wildman–Crippen MR) is 246 cm³/mol. The number of carboxylic acid groups (broad SMARTS) is 1. The van der Waals surface area contributed by atoms with Crippen LogP contribution >= 0.6 is 7.82 Å².